The topological polar surface area (TPSA) is 56.7 Å². The van der Waals surface area contributed by atoms with Crippen LogP contribution in [0.15, 0.2) is 199 Å². The van der Waals surface area contributed by atoms with Crippen molar-refractivity contribution in [2.24, 2.45) is 0 Å². The van der Waals surface area contributed by atoms with Gasteiger partial charge in [-0.3, -0.25) is 4.57 Å². The Morgan fingerprint density at radius 2 is 0.893 bits per heavy atom. The second-order valence-electron chi connectivity index (χ2n) is 14.0. The molecule has 5 nitrogen and oxygen atoms in total. The Bertz CT molecular complexity index is 3160. The first-order valence-corrected chi connectivity index (χ1v) is 18.8. The standard InChI is InChI=1S/C51H32N4O/c1-4-14-33(15-5-1)34-26-28-35(29-27-34)40-22-13-24-44-42-31-30-38(32-46(42)56-48(40)44)39-21-12-23-43-41-20-10-11-25-45(41)55(47(39)43)51-53-49(36-16-6-2-7-17-36)52-50(54-51)37-18-8-3-9-19-37/h1-32H. The molecular formula is C51H32N4O. The lowest BCUT2D eigenvalue weighted by atomic mass is 9.98. The molecule has 262 valence electrons. The summed E-state index contributed by atoms with van der Waals surface area (Å²) in [7, 11) is 0. The Labute approximate surface area is 322 Å². The summed E-state index contributed by atoms with van der Waals surface area (Å²) in [6, 6.07) is 67.4. The third-order valence-corrected chi connectivity index (χ3v) is 10.7. The predicted molar refractivity (Wildman–Crippen MR) is 229 cm³/mol. The molecule has 0 fully saturated rings. The molecular weight excluding hydrogens is 685 g/mol. The van der Waals surface area contributed by atoms with Crippen LogP contribution in [-0.4, -0.2) is 19.5 Å². The lowest BCUT2D eigenvalue weighted by Crippen LogP contribution is -2.06. The average molecular weight is 717 g/mol. The largest absolute Gasteiger partial charge is 0.455 e. The van der Waals surface area contributed by atoms with Gasteiger partial charge in [0.05, 0.1) is 11.0 Å². The molecule has 0 aliphatic rings. The SMILES string of the molecule is c1ccc(-c2ccc(-c3cccc4c3oc3cc(-c5cccc6c7ccccc7n(-c7nc(-c8ccccc8)nc(-c8ccccc8)n7)c56)ccc34)cc2)cc1. The summed E-state index contributed by atoms with van der Waals surface area (Å²) in [5.74, 6) is 1.79. The van der Waals surface area contributed by atoms with E-state index in [-0.39, 0.29) is 0 Å². The van der Waals surface area contributed by atoms with Crippen LogP contribution >= 0.6 is 0 Å². The summed E-state index contributed by atoms with van der Waals surface area (Å²) in [5.41, 5.74) is 12.3. The molecule has 0 saturated carbocycles. The van der Waals surface area contributed by atoms with Gasteiger partial charge in [-0.2, -0.15) is 9.97 Å². The minimum absolute atomic E-state index is 0.559. The van der Waals surface area contributed by atoms with Crippen molar-refractivity contribution in [2.75, 3.05) is 0 Å². The summed E-state index contributed by atoms with van der Waals surface area (Å²) < 4.78 is 8.99. The van der Waals surface area contributed by atoms with E-state index in [0.29, 0.717) is 17.6 Å². The van der Waals surface area contributed by atoms with Crippen molar-refractivity contribution < 1.29 is 4.42 Å². The first kappa shape index (κ1) is 31.9. The molecule has 0 unspecified atom stereocenters. The van der Waals surface area contributed by atoms with Crippen LogP contribution in [0, 0.1) is 0 Å². The van der Waals surface area contributed by atoms with Crippen molar-refractivity contribution in [2.45, 2.75) is 0 Å². The van der Waals surface area contributed by atoms with E-state index in [4.69, 9.17) is 19.4 Å². The van der Waals surface area contributed by atoms with Gasteiger partial charge in [-0.05, 0) is 40.5 Å². The number of rotatable bonds is 6. The highest BCUT2D eigenvalue weighted by Crippen LogP contribution is 2.41. The smallest absolute Gasteiger partial charge is 0.238 e. The molecule has 3 aromatic heterocycles. The maximum atomic E-state index is 6.79. The quantitative estimate of drug-likeness (QED) is 0.172. The molecule has 0 spiro atoms. The molecule has 0 atom stereocenters. The first-order valence-electron chi connectivity index (χ1n) is 18.8. The zero-order valence-electron chi connectivity index (χ0n) is 30.2. The van der Waals surface area contributed by atoms with Gasteiger partial charge in [0.15, 0.2) is 11.6 Å². The minimum Gasteiger partial charge on any atom is -0.455 e. The van der Waals surface area contributed by atoms with Crippen molar-refractivity contribution >= 4 is 43.7 Å². The number of benzene rings is 8. The van der Waals surface area contributed by atoms with E-state index in [1.54, 1.807) is 0 Å². The van der Waals surface area contributed by atoms with Gasteiger partial charge in [-0.1, -0.05) is 176 Å². The fourth-order valence-corrected chi connectivity index (χ4v) is 8.02. The molecule has 0 bridgehead atoms. The Morgan fingerprint density at radius 3 is 1.59 bits per heavy atom. The molecule has 0 N–H and O–H groups in total. The molecule has 0 saturated heterocycles. The van der Waals surface area contributed by atoms with Crippen LogP contribution in [0.2, 0.25) is 0 Å². The molecule has 5 heteroatoms. The monoisotopic (exact) mass is 716 g/mol. The minimum atomic E-state index is 0.559. The van der Waals surface area contributed by atoms with E-state index in [1.807, 2.05) is 66.7 Å². The maximum Gasteiger partial charge on any atom is 0.238 e. The lowest BCUT2D eigenvalue weighted by molar-refractivity contribution is 0.670. The Balaban J connectivity index is 1.10. The number of nitrogens with zero attached hydrogens (tertiary/aromatic N) is 4. The van der Waals surface area contributed by atoms with Crippen LogP contribution in [0.4, 0.5) is 0 Å². The number of fused-ring (bicyclic) bond motifs is 6. The van der Waals surface area contributed by atoms with Gasteiger partial charge in [0.2, 0.25) is 5.95 Å². The molecule has 0 amide bonds. The summed E-state index contributed by atoms with van der Waals surface area (Å²) >= 11 is 0. The highest BCUT2D eigenvalue weighted by molar-refractivity contribution is 6.15. The van der Waals surface area contributed by atoms with E-state index in [0.717, 1.165) is 77.1 Å². The third-order valence-electron chi connectivity index (χ3n) is 10.7. The second-order valence-corrected chi connectivity index (χ2v) is 14.0. The molecule has 0 aliphatic carbocycles. The predicted octanol–water partition coefficient (Wildman–Crippen LogP) is 13.2. The van der Waals surface area contributed by atoms with Crippen LogP contribution in [0.5, 0.6) is 0 Å². The average Bonchev–Trinajstić information content (AvgIpc) is 3.83. The fraction of sp³-hybridized carbons (Fsp3) is 0. The zero-order chi connectivity index (χ0) is 37.0. The van der Waals surface area contributed by atoms with Crippen molar-refractivity contribution in [3.05, 3.63) is 194 Å². The van der Waals surface area contributed by atoms with E-state index < -0.39 is 0 Å². The normalized spacial score (nSPS) is 11.6. The maximum absolute atomic E-state index is 6.79. The Kier molecular flexibility index (Phi) is 7.42. The molecule has 8 aromatic carbocycles. The summed E-state index contributed by atoms with van der Waals surface area (Å²) in [6.45, 7) is 0. The molecule has 3 heterocycles. The molecule has 11 rings (SSSR count). The number of para-hydroxylation sites is 3. The highest BCUT2D eigenvalue weighted by Gasteiger charge is 2.21. The number of hydrogen-bond acceptors (Lipinski definition) is 4. The van der Waals surface area contributed by atoms with Crippen LogP contribution in [0.1, 0.15) is 0 Å². The van der Waals surface area contributed by atoms with Gasteiger partial charge in [-0.15, -0.1) is 0 Å². The van der Waals surface area contributed by atoms with Crippen LogP contribution in [-0.2, 0) is 0 Å². The first-order chi connectivity index (χ1) is 27.8. The van der Waals surface area contributed by atoms with E-state index in [2.05, 4.69) is 132 Å². The van der Waals surface area contributed by atoms with Gasteiger partial charge in [0.25, 0.3) is 0 Å². The molecule has 56 heavy (non-hydrogen) atoms. The number of aromatic nitrogens is 4. The van der Waals surface area contributed by atoms with Crippen LogP contribution in [0.3, 0.4) is 0 Å². The van der Waals surface area contributed by atoms with E-state index in [1.165, 1.54) is 11.1 Å². The zero-order valence-corrected chi connectivity index (χ0v) is 30.2. The second kappa shape index (κ2) is 13.0. The fourth-order valence-electron chi connectivity index (χ4n) is 8.02. The summed E-state index contributed by atoms with van der Waals surface area (Å²) in [4.78, 5) is 15.3. The Hall–Kier alpha value is -7.63. The van der Waals surface area contributed by atoms with Crippen molar-refractivity contribution in [1.82, 2.24) is 19.5 Å². The number of hydrogen-bond donors (Lipinski definition) is 0. The van der Waals surface area contributed by atoms with Gasteiger partial charge >= 0.3 is 0 Å². The molecule has 0 radical (unpaired) electrons. The summed E-state index contributed by atoms with van der Waals surface area (Å²) in [6.07, 6.45) is 0. The Morgan fingerprint density at radius 1 is 0.357 bits per heavy atom. The van der Waals surface area contributed by atoms with Crippen molar-refractivity contribution in [3.8, 4) is 62.1 Å². The third kappa shape index (κ3) is 5.29. The van der Waals surface area contributed by atoms with Crippen molar-refractivity contribution in [3.63, 3.8) is 0 Å². The van der Waals surface area contributed by atoms with Gasteiger partial charge < -0.3 is 4.42 Å². The van der Waals surface area contributed by atoms with Gasteiger partial charge in [-0.25, -0.2) is 4.98 Å². The van der Waals surface area contributed by atoms with E-state index in [9.17, 15) is 0 Å². The molecule has 11 aromatic rings. The van der Waals surface area contributed by atoms with Gasteiger partial charge in [0, 0.05) is 43.8 Å². The summed E-state index contributed by atoms with van der Waals surface area (Å²) in [5, 5.41) is 4.42. The van der Waals surface area contributed by atoms with E-state index >= 15 is 0 Å². The van der Waals surface area contributed by atoms with Crippen LogP contribution in [0.25, 0.3) is 106 Å². The van der Waals surface area contributed by atoms with Crippen molar-refractivity contribution in [1.29, 1.82) is 0 Å². The van der Waals surface area contributed by atoms with Crippen LogP contribution < -0.4 is 0 Å². The molecule has 0 aliphatic heterocycles. The van der Waals surface area contributed by atoms with Gasteiger partial charge in [0.1, 0.15) is 11.2 Å². The number of furan rings is 1. The highest BCUT2D eigenvalue weighted by atomic mass is 16.3. The lowest BCUT2D eigenvalue weighted by Gasteiger charge is -2.13.